The zero-order valence-electron chi connectivity index (χ0n) is 18.0. The van der Waals surface area contributed by atoms with Gasteiger partial charge in [0.05, 0.1) is 23.6 Å². The maximum absolute atomic E-state index is 12.7. The Morgan fingerprint density at radius 2 is 1.97 bits per heavy atom. The van der Waals surface area contributed by atoms with Crippen molar-refractivity contribution in [3.8, 4) is 11.5 Å². The molecule has 0 N–H and O–H groups in total. The Morgan fingerprint density at radius 3 is 2.62 bits per heavy atom. The molecule has 0 bridgehead atoms. The van der Waals surface area contributed by atoms with Crippen molar-refractivity contribution in [2.24, 2.45) is 0 Å². The topological polar surface area (TPSA) is 82.1 Å². The van der Waals surface area contributed by atoms with Gasteiger partial charge in [-0.05, 0) is 70.9 Å². The molecule has 2 aromatic carbocycles. The monoisotopic (exact) mass is 519 g/mol. The summed E-state index contributed by atoms with van der Waals surface area (Å²) in [6.45, 7) is 3.83. The average molecular weight is 520 g/mol. The zero-order valence-corrected chi connectivity index (χ0v) is 20.4. The van der Waals surface area contributed by atoms with Gasteiger partial charge in [0.1, 0.15) is 12.6 Å². The van der Waals surface area contributed by atoms with Gasteiger partial charge in [0, 0.05) is 0 Å². The van der Waals surface area contributed by atoms with E-state index in [-0.39, 0.29) is 4.91 Å². The molecule has 1 fully saturated rings. The van der Waals surface area contributed by atoms with Crippen LogP contribution < -0.4 is 9.47 Å². The number of imide groups is 1. The molecule has 0 saturated carbocycles. The summed E-state index contributed by atoms with van der Waals surface area (Å²) in [5.74, 6) is -0.208. The van der Waals surface area contributed by atoms with Crippen LogP contribution in [0.2, 0.25) is 0 Å². The first kappa shape index (κ1) is 23.9. The third-order valence-corrected chi connectivity index (χ3v) is 6.24. The fraction of sp³-hybridized carbons (Fsp3) is 0.261. The predicted molar refractivity (Wildman–Crippen MR) is 125 cm³/mol. The molecule has 32 heavy (non-hydrogen) atoms. The van der Waals surface area contributed by atoms with E-state index < -0.39 is 23.2 Å². The van der Waals surface area contributed by atoms with Crippen LogP contribution in [0, 0.1) is 6.92 Å². The number of amides is 2. The molecule has 1 aliphatic heterocycles. The second kappa shape index (κ2) is 10.2. The Morgan fingerprint density at radius 1 is 1.22 bits per heavy atom. The first-order valence-electron chi connectivity index (χ1n) is 9.66. The number of rotatable bonds is 7. The molecular formula is C23H22BrNO6S. The summed E-state index contributed by atoms with van der Waals surface area (Å²) in [6, 6.07) is 10.5. The number of carbonyl (C=O) groups excluding carboxylic acids is 3. The number of aryl methyl sites for hydroxylation is 1. The van der Waals surface area contributed by atoms with Gasteiger partial charge < -0.3 is 14.2 Å². The number of thioether (sulfide) groups is 1. The van der Waals surface area contributed by atoms with Gasteiger partial charge in [-0.2, -0.15) is 0 Å². The molecule has 9 heteroatoms. The standard InChI is InChI=1S/C23H22BrNO6S/c1-13-6-5-7-15(8-13)12-31-20-17(24)9-16(10-18(20)29-3)11-19-21(26)25(23(28)32-19)14(2)22(27)30-4/h5-11,14H,12H2,1-4H3/b19-11+/t14-/m0/s1. The first-order chi connectivity index (χ1) is 15.2. The maximum Gasteiger partial charge on any atom is 0.328 e. The second-order valence-corrected chi connectivity index (χ2v) is 8.91. The van der Waals surface area contributed by atoms with Crippen molar-refractivity contribution in [2.75, 3.05) is 14.2 Å². The summed E-state index contributed by atoms with van der Waals surface area (Å²) in [5.41, 5.74) is 2.80. The van der Waals surface area contributed by atoms with Crippen LogP contribution in [0.4, 0.5) is 4.79 Å². The Balaban J connectivity index is 1.84. The van der Waals surface area contributed by atoms with Crippen LogP contribution in [0.3, 0.4) is 0 Å². The van der Waals surface area contributed by atoms with E-state index in [4.69, 9.17) is 9.47 Å². The molecule has 0 aromatic heterocycles. The van der Waals surface area contributed by atoms with Gasteiger partial charge in [0.25, 0.3) is 11.1 Å². The van der Waals surface area contributed by atoms with E-state index in [2.05, 4.69) is 20.7 Å². The molecule has 168 valence electrons. The van der Waals surface area contributed by atoms with E-state index >= 15 is 0 Å². The summed E-state index contributed by atoms with van der Waals surface area (Å²) in [5, 5.41) is -0.525. The van der Waals surface area contributed by atoms with Crippen LogP contribution in [-0.2, 0) is 20.9 Å². The highest BCUT2D eigenvalue weighted by Gasteiger charge is 2.41. The average Bonchev–Trinajstić information content (AvgIpc) is 3.04. The first-order valence-corrected chi connectivity index (χ1v) is 11.3. The van der Waals surface area contributed by atoms with Crippen LogP contribution in [-0.4, -0.2) is 42.3 Å². The van der Waals surface area contributed by atoms with Crippen LogP contribution >= 0.6 is 27.7 Å². The van der Waals surface area contributed by atoms with Crippen molar-refractivity contribution in [1.29, 1.82) is 0 Å². The smallest absolute Gasteiger partial charge is 0.328 e. The molecule has 1 saturated heterocycles. The lowest BCUT2D eigenvalue weighted by molar-refractivity contribution is -0.148. The molecule has 2 amide bonds. The van der Waals surface area contributed by atoms with Crippen LogP contribution in [0.1, 0.15) is 23.6 Å². The van der Waals surface area contributed by atoms with Gasteiger partial charge in [-0.15, -0.1) is 0 Å². The second-order valence-electron chi connectivity index (χ2n) is 7.06. The number of carbonyl (C=O) groups is 3. The summed E-state index contributed by atoms with van der Waals surface area (Å²) < 4.78 is 16.7. The zero-order chi connectivity index (χ0) is 23.4. The Labute approximate surface area is 198 Å². The van der Waals surface area contributed by atoms with Gasteiger partial charge in [0.15, 0.2) is 11.5 Å². The number of benzene rings is 2. The summed E-state index contributed by atoms with van der Waals surface area (Å²) in [7, 11) is 2.73. The molecule has 0 unspecified atom stereocenters. The Kier molecular flexibility index (Phi) is 7.63. The normalized spacial score (nSPS) is 15.8. The number of methoxy groups -OCH3 is 2. The molecule has 1 aliphatic rings. The number of ether oxygens (including phenoxy) is 3. The van der Waals surface area contributed by atoms with Crippen LogP contribution in [0.25, 0.3) is 6.08 Å². The van der Waals surface area contributed by atoms with Crippen molar-refractivity contribution in [3.05, 3.63) is 62.5 Å². The van der Waals surface area contributed by atoms with E-state index in [1.165, 1.54) is 21.1 Å². The van der Waals surface area contributed by atoms with E-state index in [9.17, 15) is 14.4 Å². The number of hydrogen-bond donors (Lipinski definition) is 0. The molecule has 0 radical (unpaired) electrons. The number of nitrogens with zero attached hydrogens (tertiary/aromatic N) is 1. The third-order valence-electron chi connectivity index (χ3n) is 4.77. The van der Waals surface area contributed by atoms with Gasteiger partial charge >= 0.3 is 5.97 Å². The number of halogens is 1. The summed E-state index contributed by atoms with van der Waals surface area (Å²) in [6.07, 6.45) is 1.58. The molecular weight excluding hydrogens is 498 g/mol. The van der Waals surface area contributed by atoms with E-state index in [0.29, 0.717) is 28.1 Å². The third kappa shape index (κ3) is 5.16. The number of esters is 1. The SMILES string of the molecule is COC(=O)[C@H](C)N1C(=O)S/C(=C/c2cc(Br)c(OCc3cccc(C)c3)c(OC)c2)C1=O. The van der Waals surface area contributed by atoms with Crippen LogP contribution in [0.5, 0.6) is 11.5 Å². The fourth-order valence-corrected chi connectivity index (χ4v) is 4.64. The van der Waals surface area contributed by atoms with E-state index in [1.54, 1.807) is 18.2 Å². The highest BCUT2D eigenvalue weighted by Crippen LogP contribution is 2.39. The summed E-state index contributed by atoms with van der Waals surface area (Å²) in [4.78, 5) is 37.9. The van der Waals surface area contributed by atoms with E-state index in [1.807, 2.05) is 31.2 Å². The van der Waals surface area contributed by atoms with Crippen molar-refractivity contribution in [2.45, 2.75) is 26.5 Å². The van der Waals surface area contributed by atoms with E-state index in [0.717, 1.165) is 27.8 Å². The lowest BCUT2D eigenvalue weighted by Gasteiger charge is -2.18. The fourth-order valence-electron chi connectivity index (χ4n) is 3.16. The molecule has 1 heterocycles. The Bertz CT molecular complexity index is 1100. The largest absolute Gasteiger partial charge is 0.493 e. The highest BCUT2D eigenvalue weighted by atomic mass is 79.9. The summed E-state index contributed by atoms with van der Waals surface area (Å²) >= 11 is 4.27. The van der Waals surface area contributed by atoms with Gasteiger partial charge in [-0.3, -0.25) is 14.5 Å². The maximum atomic E-state index is 12.7. The molecule has 2 aromatic rings. The van der Waals surface area contributed by atoms with Crippen molar-refractivity contribution < 1.29 is 28.6 Å². The highest BCUT2D eigenvalue weighted by molar-refractivity contribution is 9.10. The molecule has 0 spiro atoms. The van der Waals surface area contributed by atoms with Crippen LogP contribution in [0.15, 0.2) is 45.8 Å². The molecule has 3 rings (SSSR count). The molecule has 1 atom stereocenters. The quantitative estimate of drug-likeness (QED) is 0.378. The molecule has 0 aliphatic carbocycles. The number of hydrogen-bond acceptors (Lipinski definition) is 7. The molecule has 7 nitrogen and oxygen atoms in total. The minimum Gasteiger partial charge on any atom is -0.493 e. The predicted octanol–water partition coefficient (Wildman–Crippen LogP) is 4.94. The van der Waals surface area contributed by atoms with Crippen molar-refractivity contribution in [1.82, 2.24) is 4.90 Å². The van der Waals surface area contributed by atoms with Gasteiger partial charge in [0.2, 0.25) is 0 Å². The van der Waals surface area contributed by atoms with Gasteiger partial charge in [-0.25, -0.2) is 4.79 Å². The minimum absolute atomic E-state index is 0.202. The Hall–Kier alpha value is -2.78. The lowest BCUT2D eigenvalue weighted by Crippen LogP contribution is -2.42. The van der Waals surface area contributed by atoms with Crippen molar-refractivity contribution >= 4 is 50.9 Å². The van der Waals surface area contributed by atoms with Gasteiger partial charge in [-0.1, -0.05) is 29.8 Å². The minimum atomic E-state index is -1.00. The lowest BCUT2D eigenvalue weighted by atomic mass is 10.1. The van der Waals surface area contributed by atoms with Crippen molar-refractivity contribution in [3.63, 3.8) is 0 Å².